The van der Waals surface area contributed by atoms with E-state index >= 15 is 0 Å². The molecule has 2 unspecified atom stereocenters. The number of carbonyl (C=O) groups excluding carboxylic acids is 1. The summed E-state index contributed by atoms with van der Waals surface area (Å²) in [4.78, 5) is 23.0. The number of aliphatic hydroxyl groups is 2. The number of aliphatic hydroxyl groups excluding tert-OH is 2. The lowest BCUT2D eigenvalue weighted by Gasteiger charge is -2.07. The fraction of sp³-hybridized carbons (Fsp3) is 0.118. The number of nitrogens with zero attached hydrogens (tertiary/aromatic N) is 1. The number of nitrogens with one attached hydrogen (secondary N) is 2. The summed E-state index contributed by atoms with van der Waals surface area (Å²) in [6.07, 6.45) is 0.772. The van der Waals surface area contributed by atoms with Crippen molar-refractivity contribution >= 4 is 35.1 Å². The van der Waals surface area contributed by atoms with Crippen LogP contribution in [0.15, 0.2) is 53.4 Å². The largest absolute Gasteiger partial charge is 0.374 e. The topological polar surface area (TPSA) is 125 Å². The zero-order valence-electron chi connectivity index (χ0n) is 13.3. The predicted octanol–water partition coefficient (Wildman–Crippen LogP) is 2.12. The van der Waals surface area contributed by atoms with Crippen molar-refractivity contribution in [1.82, 2.24) is 5.32 Å². The van der Waals surface area contributed by atoms with Gasteiger partial charge in [-0.2, -0.15) is 0 Å². The van der Waals surface area contributed by atoms with Gasteiger partial charge in [0.1, 0.15) is 6.23 Å². The Kier molecular flexibility index (Phi) is 5.33. The van der Waals surface area contributed by atoms with Gasteiger partial charge >= 0.3 is 0 Å². The molecule has 2 aromatic rings. The van der Waals surface area contributed by atoms with E-state index in [0.29, 0.717) is 16.2 Å². The van der Waals surface area contributed by atoms with Gasteiger partial charge in [0.15, 0.2) is 5.56 Å². The van der Waals surface area contributed by atoms with Crippen molar-refractivity contribution in [3.05, 3.63) is 74.7 Å². The zero-order valence-corrected chi connectivity index (χ0v) is 14.1. The maximum absolute atomic E-state index is 12.3. The molecule has 3 rings (SSSR count). The molecule has 4 N–H and O–H groups in total. The zero-order chi connectivity index (χ0) is 18.7. The van der Waals surface area contributed by atoms with Crippen LogP contribution in [0.4, 0.5) is 11.4 Å². The molecule has 2 aromatic carbocycles. The molecule has 134 valence electrons. The highest BCUT2D eigenvalue weighted by Crippen LogP contribution is 2.30. The maximum Gasteiger partial charge on any atom is 0.269 e. The minimum absolute atomic E-state index is 0.0846. The molecular formula is C17H15N3O5S. The number of thioether (sulfide) groups is 1. The van der Waals surface area contributed by atoms with Crippen molar-refractivity contribution in [3.63, 3.8) is 0 Å². The summed E-state index contributed by atoms with van der Waals surface area (Å²) in [6, 6.07) is 12.3. The van der Waals surface area contributed by atoms with Crippen LogP contribution < -0.4 is 10.6 Å². The Morgan fingerprint density at radius 3 is 2.58 bits per heavy atom. The van der Waals surface area contributed by atoms with Crippen LogP contribution in [0.3, 0.4) is 0 Å². The molecule has 2 atom stereocenters. The van der Waals surface area contributed by atoms with Gasteiger partial charge in [-0.3, -0.25) is 20.2 Å². The monoisotopic (exact) mass is 373 g/mol. The molecule has 0 aliphatic carbocycles. The summed E-state index contributed by atoms with van der Waals surface area (Å²) < 4.78 is 0. The van der Waals surface area contributed by atoms with Gasteiger partial charge in [0.2, 0.25) is 0 Å². The van der Waals surface area contributed by atoms with Gasteiger partial charge in [0.25, 0.3) is 11.6 Å². The molecule has 1 aliphatic heterocycles. The van der Waals surface area contributed by atoms with E-state index in [0.717, 1.165) is 17.3 Å². The molecule has 0 radical (unpaired) electrons. The van der Waals surface area contributed by atoms with E-state index < -0.39 is 22.6 Å². The number of carbonyl (C=O) groups is 1. The van der Waals surface area contributed by atoms with Gasteiger partial charge < -0.3 is 15.5 Å². The van der Waals surface area contributed by atoms with Gasteiger partial charge in [0.05, 0.1) is 4.92 Å². The van der Waals surface area contributed by atoms with E-state index in [1.165, 1.54) is 24.3 Å². The Morgan fingerprint density at radius 1 is 1.23 bits per heavy atom. The third-order valence-corrected chi connectivity index (χ3v) is 4.58. The van der Waals surface area contributed by atoms with Crippen LogP contribution in [0.5, 0.6) is 0 Å². The van der Waals surface area contributed by atoms with E-state index in [2.05, 4.69) is 10.6 Å². The number of non-ortho nitro benzene ring substituents is 1. The van der Waals surface area contributed by atoms with Crippen molar-refractivity contribution in [1.29, 1.82) is 0 Å². The molecule has 1 amide bonds. The molecule has 1 saturated heterocycles. The fourth-order valence-electron chi connectivity index (χ4n) is 2.37. The van der Waals surface area contributed by atoms with Crippen LogP contribution in [0.2, 0.25) is 0 Å². The van der Waals surface area contributed by atoms with Crippen LogP contribution in [0, 0.1) is 10.1 Å². The summed E-state index contributed by atoms with van der Waals surface area (Å²) in [7, 11) is 0. The fourth-order valence-corrected chi connectivity index (χ4v) is 3.22. The molecule has 8 nitrogen and oxygen atoms in total. The average Bonchev–Trinajstić information content (AvgIpc) is 2.92. The molecule has 26 heavy (non-hydrogen) atoms. The van der Waals surface area contributed by atoms with E-state index in [9.17, 15) is 25.1 Å². The number of nitro benzene ring substituents is 1. The second-order valence-electron chi connectivity index (χ2n) is 5.47. The Labute approximate surface area is 152 Å². The van der Waals surface area contributed by atoms with E-state index in [1.54, 1.807) is 30.3 Å². The maximum atomic E-state index is 12.3. The number of anilines is 1. The first-order chi connectivity index (χ1) is 12.4. The van der Waals surface area contributed by atoms with Crippen LogP contribution in [-0.2, 0) is 0 Å². The van der Waals surface area contributed by atoms with Gasteiger partial charge in [-0.1, -0.05) is 23.9 Å². The third kappa shape index (κ3) is 4.27. The predicted molar refractivity (Wildman–Crippen MR) is 98.2 cm³/mol. The van der Waals surface area contributed by atoms with Crippen LogP contribution in [0.25, 0.3) is 6.08 Å². The molecule has 0 spiro atoms. The molecule has 0 saturated carbocycles. The van der Waals surface area contributed by atoms with Crippen LogP contribution in [0.1, 0.15) is 15.9 Å². The molecule has 9 heteroatoms. The minimum Gasteiger partial charge on any atom is -0.374 e. The van der Waals surface area contributed by atoms with E-state index in [1.807, 2.05) is 0 Å². The van der Waals surface area contributed by atoms with E-state index in [-0.39, 0.29) is 5.69 Å². The Balaban J connectivity index is 1.73. The number of hydrogen-bond donors (Lipinski definition) is 4. The number of nitro groups is 1. The lowest BCUT2D eigenvalue weighted by atomic mass is 10.1. The highest BCUT2D eigenvalue weighted by Gasteiger charge is 2.25. The lowest BCUT2D eigenvalue weighted by molar-refractivity contribution is -0.384. The molecule has 0 bridgehead atoms. The normalized spacial score (nSPS) is 20.9. The number of amides is 1. The smallest absolute Gasteiger partial charge is 0.269 e. The minimum atomic E-state index is -0.937. The Bertz CT molecular complexity index is 869. The quantitative estimate of drug-likeness (QED) is 0.478. The standard InChI is InChI=1S/C17H15N3O5S/c21-15(11-4-6-13(7-5-11)20(24)25)18-12-3-1-2-10(8-12)9-14-16(22)19-17(23)26-14/h1-9,16-17,19,22-23H,(H,18,21)/b14-9-. The average molecular weight is 373 g/mol. The Morgan fingerprint density at radius 2 is 1.96 bits per heavy atom. The molecule has 1 aliphatic rings. The van der Waals surface area contributed by atoms with Crippen molar-refractivity contribution in [3.8, 4) is 0 Å². The van der Waals surface area contributed by atoms with Crippen molar-refractivity contribution in [2.24, 2.45) is 0 Å². The van der Waals surface area contributed by atoms with Gasteiger partial charge in [-0.25, -0.2) is 0 Å². The second-order valence-corrected chi connectivity index (χ2v) is 6.62. The summed E-state index contributed by atoms with van der Waals surface area (Å²) in [5.41, 5.74) is 0.631. The lowest BCUT2D eigenvalue weighted by Crippen LogP contribution is -2.28. The van der Waals surface area contributed by atoms with Crippen LogP contribution >= 0.6 is 11.8 Å². The van der Waals surface area contributed by atoms with Gasteiger partial charge in [-0.05, 0) is 35.9 Å². The Hall–Kier alpha value is -2.72. The number of benzene rings is 2. The summed E-state index contributed by atoms with van der Waals surface area (Å²) in [6.45, 7) is 0. The van der Waals surface area contributed by atoms with Gasteiger partial charge in [-0.15, -0.1) is 0 Å². The van der Waals surface area contributed by atoms with Gasteiger partial charge in [0, 0.05) is 28.3 Å². The summed E-state index contributed by atoms with van der Waals surface area (Å²) in [5, 5.41) is 35.2. The van der Waals surface area contributed by atoms with E-state index in [4.69, 9.17) is 0 Å². The SMILES string of the molecule is O=C(Nc1cccc(/C=C2\SC(O)NC2O)c1)c1ccc([N+](=O)[O-])cc1. The highest BCUT2D eigenvalue weighted by atomic mass is 32.2. The summed E-state index contributed by atoms with van der Waals surface area (Å²) >= 11 is 1.10. The molecular weight excluding hydrogens is 358 g/mol. The second kappa shape index (κ2) is 7.67. The molecule has 1 fully saturated rings. The number of rotatable bonds is 4. The van der Waals surface area contributed by atoms with Crippen molar-refractivity contribution in [2.75, 3.05) is 5.32 Å². The van der Waals surface area contributed by atoms with Crippen molar-refractivity contribution in [2.45, 2.75) is 11.8 Å². The molecule has 1 heterocycles. The first kappa shape index (κ1) is 18.1. The molecule has 0 aromatic heterocycles. The third-order valence-electron chi connectivity index (χ3n) is 3.61. The first-order valence-electron chi connectivity index (χ1n) is 7.59. The summed E-state index contributed by atoms with van der Waals surface area (Å²) in [5.74, 6) is -0.392. The van der Waals surface area contributed by atoms with Crippen LogP contribution in [-0.4, -0.2) is 32.8 Å². The van der Waals surface area contributed by atoms with Crippen molar-refractivity contribution < 1.29 is 19.9 Å². The number of hydrogen-bond acceptors (Lipinski definition) is 7. The highest BCUT2D eigenvalue weighted by molar-refractivity contribution is 8.03. The first-order valence-corrected chi connectivity index (χ1v) is 8.46.